The number of aromatic carboxylic acids is 1. The molecule has 1 aromatic rings. The summed E-state index contributed by atoms with van der Waals surface area (Å²) in [5.41, 5.74) is 5.73. The molecule has 0 saturated heterocycles. The van der Waals surface area contributed by atoms with Crippen molar-refractivity contribution in [1.29, 1.82) is 5.26 Å². The lowest BCUT2D eigenvalue weighted by molar-refractivity contribution is 0.0691. The second kappa shape index (κ2) is 4.33. The Hall–Kier alpha value is -2.22. The molecule has 3 N–H and O–H groups in total. The van der Waals surface area contributed by atoms with Crippen LogP contribution in [0, 0.1) is 11.3 Å². The van der Waals surface area contributed by atoms with E-state index >= 15 is 0 Å². The Morgan fingerprint density at radius 2 is 2.33 bits per heavy atom. The molecular formula is C10H10N2O3. The molecule has 0 radical (unpaired) electrons. The molecule has 0 fully saturated rings. The van der Waals surface area contributed by atoms with Crippen LogP contribution in [0.25, 0.3) is 0 Å². The third kappa shape index (κ3) is 2.38. The summed E-state index contributed by atoms with van der Waals surface area (Å²) in [7, 11) is 0. The summed E-state index contributed by atoms with van der Waals surface area (Å²) in [6.45, 7) is 1.51. The molecule has 5 nitrogen and oxygen atoms in total. The van der Waals surface area contributed by atoms with E-state index in [9.17, 15) is 4.79 Å². The molecule has 0 heterocycles. The van der Waals surface area contributed by atoms with Crippen LogP contribution in [0.3, 0.4) is 0 Å². The van der Waals surface area contributed by atoms with E-state index in [1.165, 1.54) is 25.1 Å². The third-order valence-corrected chi connectivity index (χ3v) is 1.75. The van der Waals surface area contributed by atoms with Crippen molar-refractivity contribution in [3.05, 3.63) is 23.8 Å². The van der Waals surface area contributed by atoms with Gasteiger partial charge in [-0.3, -0.25) is 0 Å². The maximum Gasteiger partial charge on any atom is 0.339 e. The van der Waals surface area contributed by atoms with Crippen molar-refractivity contribution in [1.82, 2.24) is 0 Å². The van der Waals surface area contributed by atoms with Gasteiger partial charge < -0.3 is 15.6 Å². The van der Waals surface area contributed by atoms with Crippen molar-refractivity contribution < 1.29 is 14.6 Å². The normalized spacial score (nSPS) is 11.5. The van der Waals surface area contributed by atoms with Gasteiger partial charge in [0.2, 0.25) is 0 Å². The van der Waals surface area contributed by atoms with Crippen LogP contribution in [-0.4, -0.2) is 17.2 Å². The molecule has 0 aliphatic heterocycles. The van der Waals surface area contributed by atoms with Crippen molar-refractivity contribution in [2.75, 3.05) is 5.73 Å². The Balaban J connectivity index is 3.14. The molecule has 0 spiro atoms. The molecule has 1 rings (SSSR count). The first kappa shape index (κ1) is 10.9. The van der Waals surface area contributed by atoms with Crippen LogP contribution in [0.15, 0.2) is 18.2 Å². The second-order valence-electron chi connectivity index (χ2n) is 2.92. The Morgan fingerprint density at radius 1 is 1.67 bits per heavy atom. The predicted octanol–water partition coefficient (Wildman–Crippen LogP) is 1.26. The molecule has 1 aromatic carbocycles. The lowest BCUT2D eigenvalue weighted by Gasteiger charge is -2.12. The van der Waals surface area contributed by atoms with Crippen molar-refractivity contribution in [2.24, 2.45) is 0 Å². The molecular weight excluding hydrogens is 196 g/mol. The largest absolute Gasteiger partial charge is 0.478 e. The zero-order chi connectivity index (χ0) is 11.4. The molecule has 0 amide bonds. The number of benzene rings is 1. The summed E-state index contributed by atoms with van der Waals surface area (Å²) < 4.78 is 5.12. The zero-order valence-corrected chi connectivity index (χ0v) is 8.10. The molecule has 15 heavy (non-hydrogen) atoms. The van der Waals surface area contributed by atoms with Gasteiger partial charge in [-0.1, -0.05) is 6.07 Å². The van der Waals surface area contributed by atoms with Crippen molar-refractivity contribution in [3.63, 3.8) is 0 Å². The van der Waals surface area contributed by atoms with E-state index in [2.05, 4.69) is 0 Å². The smallest absolute Gasteiger partial charge is 0.339 e. The van der Waals surface area contributed by atoms with Gasteiger partial charge in [0.25, 0.3) is 0 Å². The van der Waals surface area contributed by atoms with E-state index in [0.717, 1.165) is 0 Å². The number of nitriles is 1. The number of hydrogen-bond acceptors (Lipinski definition) is 4. The molecule has 5 heteroatoms. The molecule has 0 bridgehead atoms. The Kier molecular flexibility index (Phi) is 3.13. The molecule has 0 aliphatic rings. The first-order chi connectivity index (χ1) is 7.06. The summed E-state index contributed by atoms with van der Waals surface area (Å²) in [6, 6.07) is 6.25. The van der Waals surface area contributed by atoms with Crippen LogP contribution in [-0.2, 0) is 0 Å². The maximum atomic E-state index is 10.8. The fourth-order valence-electron chi connectivity index (χ4n) is 1.06. The number of nitrogens with zero attached hydrogens (tertiary/aromatic N) is 1. The fourth-order valence-corrected chi connectivity index (χ4v) is 1.06. The van der Waals surface area contributed by atoms with Gasteiger partial charge in [-0.15, -0.1) is 0 Å². The third-order valence-electron chi connectivity index (χ3n) is 1.75. The highest BCUT2D eigenvalue weighted by Gasteiger charge is 2.15. The number of carbonyl (C=O) groups is 1. The Labute approximate surface area is 86.7 Å². The van der Waals surface area contributed by atoms with Crippen molar-refractivity contribution in [2.45, 2.75) is 13.0 Å². The molecule has 1 unspecified atom stereocenters. The number of para-hydroxylation sites is 1. The van der Waals surface area contributed by atoms with E-state index in [4.69, 9.17) is 20.8 Å². The van der Waals surface area contributed by atoms with Crippen LogP contribution in [0.4, 0.5) is 5.69 Å². The highest BCUT2D eigenvalue weighted by molar-refractivity contribution is 5.93. The second-order valence-corrected chi connectivity index (χ2v) is 2.92. The van der Waals surface area contributed by atoms with E-state index < -0.39 is 12.1 Å². The number of carboxylic acid groups (broad SMARTS) is 1. The highest BCUT2D eigenvalue weighted by Crippen LogP contribution is 2.27. The summed E-state index contributed by atoms with van der Waals surface area (Å²) >= 11 is 0. The van der Waals surface area contributed by atoms with E-state index in [1.54, 1.807) is 0 Å². The molecule has 0 aliphatic carbocycles. The minimum atomic E-state index is -1.14. The van der Waals surface area contributed by atoms with Gasteiger partial charge in [0.1, 0.15) is 11.6 Å². The van der Waals surface area contributed by atoms with Gasteiger partial charge in [0, 0.05) is 0 Å². The van der Waals surface area contributed by atoms with Gasteiger partial charge in [0.05, 0.1) is 5.69 Å². The summed E-state index contributed by atoms with van der Waals surface area (Å²) in [5, 5.41) is 17.4. The number of nitrogen functional groups attached to an aromatic ring is 1. The standard InChI is InChI=1S/C10H10N2O3/c1-6(5-11)15-9-7(10(13)14)3-2-4-8(9)12/h2-4,6H,12H2,1H3,(H,13,14). The summed E-state index contributed by atoms with van der Waals surface area (Å²) in [4.78, 5) is 10.8. The lowest BCUT2D eigenvalue weighted by atomic mass is 10.1. The average molecular weight is 206 g/mol. The number of carboxylic acids is 1. The van der Waals surface area contributed by atoms with Gasteiger partial charge in [-0.25, -0.2) is 4.79 Å². The van der Waals surface area contributed by atoms with Crippen LogP contribution in [0.1, 0.15) is 17.3 Å². The maximum absolute atomic E-state index is 10.8. The number of ether oxygens (including phenoxy) is 1. The quantitative estimate of drug-likeness (QED) is 0.725. The molecule has 0 saturated carbocycles. The monoisotopic (exact) mass is 206 g/mol. The number of rotatable bonds is 3. The summed E-state index contributed by atoms with van der Waals surface area (Å²) in [5.74, 6) is -1.10. The highest BCUT2D eigenvalue weighted by atomic mass is 16.5. The predicted molar refractivity (Wildman–Crippen MR) is 53.5 cm³/mol. The number of hydrogen-bond donors (Lipinski definition) is 2. The fraction of sp³-hybridized carbons (Fsp3) is 0.200. The Bertz CT molecular complexity index is 423. The van der Waals surface area contributed by atoms with Gasteiger partial charge in [-0.2, -0.15) is 5.26 Å². The van der Waals surface area contributed by atoms with E-state index in [-0.39, 0.29) is 17.0 Å². The molecule has 0 aromatic heterocycles. The minimum absolute atomic E-state index is 0.0408. The van der Waals surface area contributed by atoms with Crippen LogP contribution < -0.4 is 10.5 Å². The number of nitrogens with two attached hydrogens (primary N) is 1. The van der Waals surface area contributed by atoms with Gasteiger partial charge in [0.15, 0.2) is 11.9 Å². The number of anilines is 1. The van der Waals surface area contributed by atoms with Gasteiger partial charge >= 0.3 is 5.97 Å². The van der Waals surface area contributed by atoms with Crippen molar-refractivity contribution in [3.8, 4) is 11.8 Å². The molecule has 1 atom stereocenters. The average Bonchev–Trinajstić information content (AvgIpc) is 2.20. The van der Waals surface area contributed by atoms with E-state index in [1.807, 2.05) is 6.07 Å². The SMILES string of the molecule is CC(C#N)Oc1c(N)cccc1C(=O)O. The Morgan fingerprint density at radius 3 is 2.87 bits per heavy atom. The van der Waals surface area contributed by atoms with Crippen LogP contribution >= 0.6 is 0 Å². The lowest BCUT2D eigenvalue weighted by Crippen LogP contribution is -2.13. The molecule has 78 valence electrons. The van der Waals surface area contributed by atoms with E-state index in [0.29, 0.717) is 0 Å². The summed E-state index contributed by atoms with van der Waals surface area (Å²) in [6.07, 6.45) is -0.743. The van der Waals surface area contributed by atoms with Gasteiger partial charge in [-0.05, 0) is 19.1 Å². The first-order valence-electron chi connectivity index (χ1n) is 4.24. The van der Waals surface area contributed by atoms with Crippen LogP contribution in [0.2, 0.25) is 0 Å². The van der Waals surface area contributed by atoms with Crippen molar-refractivity contribution >= 4 is 11.7 Å². The first-order valence-corrected chi connectivity index (χ1v) is 4.24. The topological polar surface area (TPSA) is 96.3 Å². The zero-order valence-electron chi connectivity index (χ0n) is 8.10. The van der Waals surface area contributed by atoms with Crippen LogP contribution in [0.5, 0.6) is 5.75 Å². The minimum Gasteiger partial charge on any atom is -0.478 e.